The van der Waals surface area contributed by atoms with E-state index in [0.717, 1.165) is 44.8 Å². The van der Waals surface area contributed by atoms with Gasteiger partial charge in [0.05, 0.1) is 17.3 Å². The summed E-state index contributed by atoms with van der Waals surface area (Å²) in [4.78, 5) is 14.5. The predicted molar refractivity (Wildman–Crippen MR) is 101 cm³/mol. The van der Waals surface area contributed by atoms with Crippen molar-refractivity contribution in [1.82, 2.24) is 4.90 Å². The number of rotatable bonds is 3. The molecule has 0 bridgehead atoms. The summed E-state index contributed by atoms with van der Waals surface area (Å²) >= 11 is 0. The lowest BCUT2D eigenvalue weighted by molar-refractivity contribution is -0.154. The van der Waals surface area contributed by atoms with Crippen LogP contribution in [0.5, 0.6) is 5.75 Å². The Balaban J connectivity index is 1.25. The number of amides is 1. The van der Waals surface area contributed by atoms with Crippen LogP contribution < -0.4 is 4.74 Å². The Bertz CT molecular complexity index is 781. The fourth-order valence-electron chi connectivity index (χ4n) is 5.25. The van der Waals surface area contributed by atoms with Crippen molar-refractivity contribution in [2.75, 3.05) is 13.1 Å². The van der Waals surface area contributed by atoms with E-state index in [1.807, 2.05) is 4.90 Å². The number of hydrogen-bond donors (Lipinski definition) is 1. The van der Waals surface area contributed by atoms with Gasteiger partial charge in [-0.05, 0) is 81.5 Å². The molecule has 0 atom stereocenters. The zero-order chi connectivity index (χ0) is 21.0. The molecule has 1 spiro atoms. The molecule has 0 aromatic heterocycles. The van der Waals surface area contributed by atoms with Crippen LogP contribution >= 0.6 is 0 Å². The van der Waals surface area contributed by atoms with E-state index in [9.17, 15) is 23.1 Å². The molecule has 1 N–H and O–H groups in total. The number of alkyl halides is 3. The van der Waals surface area contributed by atoms with Crippen LogP contribution in [0, 0.1) is 18.3 Å². The zero-order valence-corrected chi connectivity index (χ0v) is 16.9. The van der Waals surface area contributed by atoms with Crippen LogP contribution in [0.3, 0.4) is 0 Å². The van der Waals surface area contributed by atoms with Crippen molar-refractivity contribution in [2.24, 2.45) is 11.3 Å². The van der Waals surface area contributed by atoms with E-state index < -0.39 is 17.3 Å². The van der Waals surface area contributed by atoms with Crippen molar-refractivity contribution in [3.05, 3.63) is 29.3 Å². The number of ether oxygens (including phenoxy) is 1. The first-order chi connectivity index (χ1) is 13.5. The minimum absolute atomic E-state index is 0.0233. The van der Waals surface area contributed by atoms with E-state index in [1.54, 1.807) is 6.92 Å². The van der Waals surface area contributed by atoms with E-state index in [4.69, 9.17) is 4.74 Å². The average molecular weight is 411 g/mol. The van der Waals surface area contributed by atoms with E-state index in [1.165, 1.54) is 19.1 Å². The van der Waals surface area contributed by atoms with Crippen LogP contribution in [0.4, 0.5) is 13.2 Å². The first kappa shape index (κ1) is 20.5. The van der Waals surface area contributed by atoms with E-state index in [-0.39, 0.29) is 28.9 Å². The minimum Gasteiger partial charge on any atom is -0.490 e. The summed E-state index contributed by atoms with van der Waals surface area (Å²) in [5, 5.41) is 9.84. The van der Waals surface area contributed by atoms with Gasteiger partial charge in [0.1, 0.15) is 5.75 Å². The SMILES string of the molecule is Cc1cc(OC2CC3(CCN(C(=O)C4CC(C)(O)C4)CC3)C2)ccc1C(F)(F)F. The second-order valence-corrected chi connectivity index (χ2v) is 9.55. The number of piperidine rings is 1. The number of halogens is 3. The van der Waals surface area contributed by atoms with Crippen LogP contribution in [0.25, 0.3) is 0 Å². The Hall–Kier alpha value is -1.76. The highest BCUT2D eigenvalue weighted by atomic mass is 19.4. The minimum atomic E-state index is -4.34. The van der Waals surface area contributed by atoms with Crippen molar-refractivity contribution in [3.63, 3.8) is 0 Å². The Morgan fingerprint density at radius 1 is 1.17 bits per heavy atom. The normalized spacial score (nSPS) is 29.3. The number of nitrogens with zero attached hydrogens (tertiary/aromatic N) is 1. The van der Waals surface area contributed by atoms with E-state index in [2.05, 4.69) is 0 Å². The summed E-state index contributed by atoms with van der Waals surface area (Å²) in [6.45, 7) is 4.70. The molecule has 1 heterocycles. The van der Waals surface area contributed by atoms with Gasteiger partial charge in [-0.15, -0.1) is 0 Å². The molecule has 2 aliphatic carbocycles. The Morgan fingerprint density at radius 2 is 1.79 bits per heavy atom. The molecule has 1 saturated heterocycles. The third-order valence-electron chi connectivity index (χ3n) is 6.98. The van der Waals surface area contributed by atoms with Crippen LogP contribution in [-0.4, -0.2) is 40.7 Å². The maximum Gasteiger partial charge on any atom is 0.416 e. The van der Waals surface area contributed by atoms with Gasteiger partial charge in [0.2, 0.25) is 5.91 Å². The number of carbonyl (C=O) groups is 1. The van der Waals surface area contributed by atoms with Crippen molar-refractivity contribution in [3.8, 4) is 5.75 Å². The Kier molecular flexibility index (Phi) is 4.88. The lowest BCUT2D eigenvalue weighted by atomic mass is 9.61. The monoisotopic (exact) mass is 411 g/mol. The van der Waals surface area contributed by atoms with Gasteiger partial charge < -0.3 is 14.7 Å². The van der Waals surface area contributed by atoms with Gasteiger partial charge in [-0.2, -0.15) is 13.2 Å². The van der Waals surface area contributed by atoms with Crippen LogP contribution in [0.2, 0.25) is 0 Å². The second kappa shape index (κ2) is 6.89. The molecular formula is C22H28F3NO3. The topological polar surface area (TPSA) is 49.8 Å². The molecule has 1 amide bonds. The summed E-state index contributed by atoms with van der Waals surface area (Å²) in [7, 11) is 0. The molecule has 1 aromatic carbocycles. The quantitative estimate of drug-likeness (QED) is 0.806. The Morgan fingerprint density at radius 3 is 2.31 bits per heavy atom. The summed E-state index contributed by atoms with van der Waals surface area (Å²) in [6, 6.07) is 3.94. The van der Waals surface area contributed by atoms with Crippen LogP contribution in [0.1, 0.15) is 56.6 Å². The predicted octanol–water partition coefficient (Wildman–Crippen LogP) is 4.32. The average Bonchev–Trinajstić information content (AvgIpc) is 2.57. The number of likely N-dealkylation sites (tertiary alicyclic amines) is 1. The third-order valence-corrected chi connectivity index (χ3v) is 6.98. The van der Waals surface area contributed by atoms with Gasteiger partial charge >= 0.3 is 6.18 Å². The largest absolute Gasteiger partial charge is 0.490 e. The molecular weight excluding hydrogens is 383 g/mol. The van der Waals surface area contributed by atoms with Gasteiger partial charge in [0.25, 0.3) is 0 Å². The van der Waals surface area contributed by atoms with Crippen molar-refractivity contribution < 1.29 is 27.8 Å². The number of aliphatic hydroxyl groups is 1. The summed E-state index contributed by atoms with van der Waals surface area (Å²) in [5.41, 5.74) is -0.953. The first-order valence-electron chi connectivity index (χ1n) is 10.3. The smallest absolute Gasteiger partial charge is 0.416 e. The molecule has 2 saturated carbocycles. The van der Waals surface area contributed by atoms with Gasteiger partial charge in [-0.25, -0.2) is 0 Å². The maximum absolute atomic E-state index is 12.9. The van der Waals surface area contributed by atoms with E-state index >= 15 is 0 Å². The molecule has 4 rings (SSSR count). The molecule has 1 aromatic rings. The molecule has 3 fully saturated rings. The highest BCUT2D eigenvalue weighted by molar-refractivity contribution is 5.80. The molecule has 4 nitrogen and oxygen atoms in total. The van der Waals surface area contributed by atoms with Crippen molar-refractivity contribution in [1.29, 1.82) is 0 Å². The number of aryl methyl sites for hydroxylation is 1. The molecule has 29 heavy (non-hydrogen) atoms. The summed E-state index contributed by atoms with van der Waals surface area (Å²) in [6.07, 6.45) is 0.424. The standard InChI is InChI=1S/C22H28F3NO3/c1-14-9-16(3-4-18(14)22(23,24)25)29-17-12-21(13-17)5-7-26(8-6-21)19(27)15-10-20(2,28)11-15/h3-4,9,15,17,28H,5-8,10-13H2,1-2H3. The van der Waals surface area contributed by atoms with Crippen molar-refractivity contribution >= 4 is 5.91 Å². The van der Waals surface area contributed by atoms with Crippen LogP contribution in [0.15, 0.2) is 18.2 Å². The van der Waals surface area contributed by atoms with Gasteiger partial charge in [0, 0.05) is 19.0 Å². The van der Waals surface area contributed by atoms with Crippen molar-refractivity contribution in [2.45, 2.75) is 70.3 Å². The summed E-state index contributed by atoms with van der Waals surface area (Å²) < 4.78 is 44.6. The van der Waals surface area contributed by atoms with Gasteiger partial charge in [0.15, 0.2) is 0 Å². The van der Waals surface area contributed by atoms with Crippen LogP contribution in [-0.2, 0) is 11.0 Å². The highest BCUT2D eigenvalue weighted by Gasteiger charge is 2.49. The lowest BCUT2D eigenvalue weighted by Crippen LogP contribution is -2.55. The number of hydrogen-bond acceptors (Lipinski definition) is 3. The summed E-state index contributed by atoms with van der Waals surface area (Å²) in [5.74, 6) is 0.609. The molecule has 160 valence electrons. The molecule has 3 aliphatic rings. The molecule has 7 heteroatoms. The molecule has 1 aliphatic heterocycles. The van der Waals surface area contributed by atoms with Gasteiger partial charge in [-0.1, -0.05) is 0 Å². The fourth-order valence-corrected chi connectivity index (χ4v) is 5.25. The second-order valence-electron chi connectivity index (χ2n) is 9.55. The highest BCUT2D eigenvalue weighted by Crippen LogP contribution is 2.51. The molecule has 0 unspecified atom stereocenters. The lowest BCUT2D eigenvalue weighted by Gasteiger charge is -2.52. The molecule has 0 radical (unpaired) electrons. The number of carbonyl (C=O) groups excluding carboxylic acids is 1. The third kappa shape index (κ3) is 4.11. The zero-order valence-electron chi connectivity index (χ0n) is 16.9. The van der Waals surface area contributed by atoms with Gasteiger partial charge in [-0.3, -0.25) is 4.79 Å². The fraction of sp³-hybridized carbons (Fsp3) is 0.682. The Labute approximate surface area is 169 Å². The maximum atomic E-state index is 12.9. The first-order valence-corrected chi connectivity index (χ1v) is 10.3. The van der Waals surface area contributed by atoms with E-state index in [0.29, 0.717) is 18.6 Å². The number of benzene rings is 1.